The Labute approximate surface area is 563 Å². The smallest absolute Gasteiger partial charge is 0.190 e. The van der Waals surface area contributed by atoms with Gasteiger partial charge in [0.15, 0.2) is 59.9 Å². The van der Waals surface area contributed by atoms with Gasteiger partial charge in [-0.05, 0) is 93.0 Å². The molecular weight excluding hydrogens is 1280 g/mol. The molecule has 0 spiro atoms. The molecule has 10 aliphatic rings. The van der Waals surface area contributed by atoms with E-state index in [1.165, 1.54) is 41.9 Å². The number of allylic oxidation sites excluding steroid dienone is 6. The minimum Gasteiger partial charge on any atom is -0.711 e. The number of likely N-dealkylation sites (N-methyl/N-ethyl adjacent to an activating group) is 2. The highest BCUT2D eigenvalue weighted by atomic mass is 16.7. The Balaban J connectivity index is 1.22. The summed E-state index contributed by atoms with van der Waals surface area (Å²) in [6.45, 7) is 9.38. The predicted octanol–water partition coefficient (Wildman–Crippen LogP) is 4.11. The molecule has 2 unspecified atom stereocenters. The number of fused-ring (bicyclic) bond motifs is 6. The van der Waals surface area contributed by atoms with Crippen LogP contribution in [0.5, 0.6) is 23.0 Å². The Morgan fingerprint density at radius 3 is 1.09 bits per heavy atom. The van der Waals surface area contributed by atoms with Crippen LogP contribution in [0.1, 0.15) is 156 Å². The number of phenolic OH excluding ortho intramolecular Hbond substituents is 4. The van der Waals surface area contributed by atoms with Gasteiger partial charge in [0, 0.05) is 84.4 Å². The van der Waals surface area contributed by atoms with Crippen LogP contribution >= 0.6 is 0 Å². The van der Waals surface area contributed by atoms with Gasteiger partial charge < -0.3 is 119 Å². The summed E-state index contributed by atoms with van der Waals surface area (Å²) >= 11 is 0. The van der Waals surface area contributed by atoms with E-state index >= 15 is 9.59 Å². The van der Waals surface area contributed by atoms with Crippen LogP contribution in [0.15, 0.2) is 45.7 Å². The number of aromatic hydroxyl groups is 4. The zero-order chi connectivity index (χ0) is 71.1. The van der Waals surface area contributed by atoms with Crippen molar-refractivity contribution in [3.05, 3.63) is 91.0 Å². The first kappa shape index (κ1) is 71.0. The number of aliphatic hydroxyl groups is 4. The van der Waals surface area contributed by atoms with Crippen molar-refractivity contribution in [2.45, 2.75) is 214 Å². The van der Waals surface area contributed by atoms with Crippen molar-refractivity contribution in [1.82, 2.24) is 9.80 Å². The first-order valence-corrected chi connectivity index (χ1v) is 32.9. The Hall–Kier alpha value is -6.82. The number of rotatable bonds is 17. The molecule has 0 radical (unpaired) electrons. The summed E-state index contributed by atoms with van der Waals surface area (Å²) in [4.78, 5) is 95.4. The third kappa shape index (κ3) is 10.6. The summed E-state index contributed by atoms with van der Waals surface area (Å²) in [5.74, 6) is -15.3. The van der Waals surface area contributed by atoms with E-state index in [9.17, 15) is 71.1 Å². The highest BCUT2D eigenvalue weighted by molar-refractivity contribution is 6.34. The lowest BCUT2D eigenvalue weighted by Gasteiger charge is -2.59. The lowest BCUT2D eigenvalue weighted by Crippen LogP contribution is -2.71. The van der Waals surface area contributed by atoms with Gasteiger partial charge in [0.05, 0.1) is 107 Å². The van der Waals surface area contributed by atoms with Gasteiger partial charge in [-0.15, -0.1) is 0 Å². The SMILES string of the molecule is CC[C@@]1(O[C@@H]2C[C@@H](OC)[C@H](O)[C@@H](C)O2)[C@H](O[C@H]2C[C@H](O)[C@H](N(C)C)[C@H](C)O2)C2=C(C(=O)[C@@H]1[C@H]1C(=O)C3=C(C(N=[N-])c4c(O)c5c(c(O)c43)C(=O)C=CC5=O)[C@@H](O[C@H]3C[C@@H](O)[C@@H](N(C)C)[C@@H](C)O3)[C@@]1(CC)O[C@@H]1C[C@@H](OC)[C@@H](O)[C@@H](C)O1)c1c(O)c3c(c(O)c1C2N=[N-])C(=O)C=CC3=O. The number of carbonyl (C=O) groups is 6. The van der Waals surface area contributed by atoms with Crippen LogP contribution in [0.4, 0.5) is 0 Å². The molecule has 12 rings (SSSR count). The monoisotopic (exact) mass is 1370 g/mol. The van der Waals surface area contributed by atoms with Gasteiger partial charge in [-0.1, -0.05) is 13.8 Å². The molecule has 6 aliphatic carbocycles. The third-order valence-corrected chi connectivity index (χ3v) is 21.9. The molecule has 0 saturated carbocycles. The van der Waals surface area contributed by atoms with Gasteiger partial charge in [-0.2, -0.15) is 0 Å². The number of Topliss-reactive ketones (excluding diaryl/α,β-unsaturated/α-hetero) is 2. The van der Waals surface area contributed by atoms with Gasteiger partial charge in [0.1, 0.15) is 58.6 Å². The molecule has 2 aromatic rings. The van der Waals surface area contributed by atoms with E-state index in [2.05, 4.69) is 10.2 Å². The molecule has 0 aromatic heterocycles. The summed E-state index contributed by atoms with van der Waals surface area (Å²) in [7, 11) is 9.50. The molecule has 8 N–H and O–H groups in total. The number of phenols is 4. The normalized spacial score (nSPS) is 39.1. The molecule has 2 aromatic carbocycles. The van der Waals surface area contributed by atoms with Crippen LogP contribution in [-0.4, -0.2) is 249 Å². The average molecular weight is 1370 g/mol. The number of ether oxygens (including phenoxy) is 10. The fraction of sp³-hybridized carbons (Fsp3) is 0.618. The largest absolute Gasteiger partial charge is 0.711 e. The molecule has 0 amide bonds. The van der Waals surface area contributed by atoms with E-state index in [0.29, 0.717) is 0 Å². The first-order chi connectivity index (χ1) is 46.4. The number of methoxy groups -OCH3 is 2. The molecule has 4 saturated heterocycles. The zero-order valence-electron chi connectivity index (χ0n) is 56.0. The molecule has 98 heavy (non-hydrogen) atoms. The maximum absolute atomic E-state index is 17.9. The predicted molar refractivity (Wildman–Crippen MR) is 337 cm³/mol. The van der Waals surface area contributed by atoms with E-state index in [0.717, 1.165) is 24.3 Å². The van der Waals surface area contributed by atoms with Crippen LogP contribution in [0, 0.1) is 11.8 Å². The van der Waals surface area contributed by atoms with Gasteiger partial charge >= 0.3 is 0 Å². The Morgan fingerprint density at radius 2 is 0.806 bits per heavy atom. The van der Waals surface area contributed by atoms with E-state index in [1.54, 1.807) is 51.8 Å². The maximum atomic E-state index is 17.9. The van der Waals surface area contributed by atoms with Crippen molar-refractivity contribution in [1.29, 1.82) is 0 Å². The molecule has 30 nitrogen and oxygen atoms in total. The number of hydrogen-bond donors (Lipinski definition) is 8. The molecule has 4 heterocycles. The fourth-order valence-corrected chi connectivity index (χ4v) is 17.6. The fourth-order valence-electron chi connectivity index (χ4n) is 17.6. The van der Waals surface area contributed by atoms with Crippen LogP contribution in [-0.2, 0) is 57.0 Å². The minimum atomic E-state index is -2.64. The van der Waals surface area contributed by atoms with E-state index in [4.69, 9.17) is 47.4 Å². The second-order valence-electron chi connectivity index (χ2n) is 27.5. The van der Waals surface area contributed by atoms with E-state index in [-0.39, 0.29) is 25.7 Å². The van der Waals surface area contributed by atoms with Gasteiger partial charge in [0.25, 0.3) is 0 Å². The van der Waals surface area contributed by atoms with Crippen LogP contribution < -0.4 is 0 Å². The summed E-state index contributed by atoms with van der Waals surface area (Å²) in [6.07, 6.45) is -20.9. The molecular formula is C68H82N6O24-2. The molecule has 24 atom stereocenters. The second-order valence-corrected chi connectivity index (χ2v) is 27.5. The molecule has 30 heteroatoms. The van der Waals surface area contributed by atoms with Gasteiger partial charge in [-0.3, -0.25) is 28.8 Å². The topological polar surface area (TPSA) is 432 Å². The van der Waals surface area contributed by atoms with Crippen molar-refractivity contribution in [3.63, 3.8) is 0 Å². The lowest BCUT2D eigenvalue weighted by atomic mass is 9.54. The minimum absolute atomic E-state index is 0.341. The number of hydrogen-bond acceptors (Lipinski definition) is 28. The summed E-state index contributed by atoms with van der Waals surface area (Å²) in [5, 5.41) is 106. The highest BCUT2D eigenvalue weighted by Crippen LogP contribution is 2.67. The van der Waals surface area contributed by atoms with Gasteiger partial charge in [0.2, 0.25) is 0 Å². The summed E-state index contributed by atoms with van der Waals surface area (Å²) < 4.78 is 67.7. The molecule has 0 bridgehead atoms. The maximum Gasteiger partial charge on any atom is 0.190 e. The number of ketones is 6. The molecule has 4 fully saturated rings. The Morgan fingerprint density at radius 1 is 0.490 bits per heavy atom. The van der Waals surface area contributed by atoms with Crippen molar-refractivity contribution in [3.8, 4) is 23.0 Å². The summed E-state index contributed by atoms with van der Waals surface area (Å²) in [6, 6.07) is -5.45. The Kier molecular flexibility index (Phi) is 19.0. The lowest BCUT2D eigenvalue weighted by molar-refractivity contribution is -0.345. The van der Waals surface area contributed by atoms with Crippen LogP contribution in [0.3, 0.4) is 0 Å². The quantitative estimate of drug-likeness (QED) is 0.0816. The van der Waals surface area contributed by atoms with Crippen LogP contribution in [0.25, 0.3) is 22.2 Å². The molecule has 530 valence electrons. The number of carbonyl (C=O) groups excluding carboxylic acids is 6. The van der Waals surface area contributed by atoms with Crippen molar-refractivity contribution >= 4 is 45.8 Å². The third-order valence-electron chi connectivity index (χ3n) is 21.9. The van der Waals surface area contributed by atoms with Crippen molar-refractivity contribution in [2.24, 2.45) is 22.1 Å². The molecule has 4 aliphatic heterocycles. The number of nitrogens with zero attached hydrogens (tertiary/aromatic N) is 6. The summed E-state index contributed by atoms with van der Waals surface area (Å²) in [5.41, 5.74) is 10.3. The van der Waals surface area contributed by atoms with Crippen LogP contribution in [0.2, 0.25) is 0 Å². The van der Waals surface area contributed by atoms with Gasteiger partial charge in [-0.25, -0.2) is 0 Å². The first-order valence-electron chi connectivity index (χ1n) is 32.9. The Bertz CT molecular complexity index is 3560. The average Bonchev–Trinajstić information content (AvgIpc) is 1.41. The standard InChI is InChI=1S/C68H82N6O24/c1-13-67(97-37-21-33(89-11)57(81)25(5)93-37)51(63(87)45-43-47(61(85)41-29(77)17-15-27(75)39(41)59(43)83)53(71-69)49(45)65(67)95-35-19-31(79)55(73(7)8)23(3)91-35)52-64(88)46-44-48(62(86)42-30(78)18-16-28(76)40(42)60(44)84)54(72-70)50(46)66(96-36-20-32(80)56(74(9)10)24(4)92-36)68(52,14-2)98-38-22-34(90-12)58(82)26(6)94-38/h15-18,23-26,31-38,51-58,65-66,79-86H,13-14,19-22H2,1-12H3/q-2/t23-,24+,25-,26-,31-,32+,33-,34-,35+,36+,37-,38-,51+,52+,53?,54?,55+,56-,57+,58-,65-,66-,67+,68+/m1/s1. The van der Waals surface area contributed by atoms with Crippen molar-refractivity contribution in [2.75, 3.05) is 42.4 Å². The second kappa shape index (κ2) is 26.3. The highest BCUT2D eigenvalue weighted by Gasteiger charge is 2.73. The van der Waals surface area contributed by atoms with E-state index in [1.807, 2.05) is 0 Å². The number of aliphatic hydroxyl groups excluding tert-OH is 4. The van der Waals surface area contributed by atoms with E-state index < -0.39 is 283 Å². The zero-order valence-corrected chi connectivity index (χ0v) is 56.0. The van der Waals surface area contributed by atoms with Crippen molar-refractivity contribution < 1.29 is 117 Å². The number of benzene rings is 2.